The van der Waals surface area contributed by atoms with Crippen molar-refractivity contribution in [2.24, 2.45) is 5.10 Å². The minimum atomic E-state index is -0.321. The van der Waals surface area contributed by atoms with Crippen LogP contribution in [0, 0.1) is 6.92 Å². The molecule has 26 heavy (non-hydrogen) atoms. The summed E-state index contributed by atoms with van der Waals surface area (Å²) in [5, 5.41) is 3.95. The van der Waals surface area contributed by atoms with Gasteiger partial charge in [0.15, 0.2) is 18.1 Å². The van der Waals surface area contributed by atoms with Gasteiger partial charge in [-0.25, -0.2) is 5.43 Å². The minimum absolute atomic E-state index is 0.0956. The molecule has 0 unspecified atom stereocenters. The first-order chi connectivity index (χ1) is 12.5. The van der Waals surface area contributed by atoms with E-state index < -0.39 is 0 Å². The van der Waals surface area contributed by atoms with E-state index in [-0.39, 0.29) is 19.3 Å². The summed E-state index contributed by atoms with van der Waals surface area (Å²) in [4.78, 5) is 12.0. The standard InChI is InChI=1S/C20H22N2O4/c1-13(2)16-6-4-14(3)8-18(16)24-11-20(23)22-21-10-15-5-7-17-19(9-15)26-12-25-17/h4-10,13H,11-12H2,1-3H3,(H,22,23)/b21-10+. The molecule has 0 saturated heterocycles. The van der Waals surface area contributed by atoms with Crippen molar-refractivity contribution in [3.63, 3.8) is 0 Å². The Bertz CT molecular complexity index is 831. The van der Waals surface area contributed by atoms with Crippen molar-refractivity contribution in [1.82, 2.24) is 5.43 Å². The highest BCUT2D eigenvalue weighted by Gasteiger charge is 2.13. The van der Waals surface area contributed by atoms with Crippen molar-refractivity contribution in [1.29, 1.82) is 0 Å². The van der Waals surface area contributed by atoms with E-state index in [1.165, 1.54) is 0 Å². The third kappa shape index (κ3) is 4.33. The SMILES string of the molecule is Cc1ccc(C(C)C)c(OCC(=O)N/N=C/c2ccc3c(c2)OCO3)c1. The van der Waals surface area contributed by atoms with Gasteiger partial charge in [0.2, 0.25) is 6.79 Å². The number of nitrogens with one attached hydrogen (secondary N) is 1. The molecule has 1 aliphatic heterocycles. The summed E-state index contributed by atoms with van der Waals surface area (Å²) in [6, 6.07) is 11.5. The van der Waals surface area contributed by atoms with Crippen LogP contribution in [0.2, 0.25) is 0 Å². The van der Waals surface area contributed by atoms with Crippen LogP contribution >= 0.6 is 0 Å². The Morgan fingerprint density at radius 2 is 2.04 bits per heavy atom. The maximum absolute atomic E-state index is 12.0. The zero-order chi connectivity index (χ0) is 18.5. The Hall–Kier alpha value is -3.02. The fourth-order valence-electron chi connectivity index (χ4n) is 2.59. The van der Waals surface area contributed by atoms with Gasteiger partial charge in [-0.1, -0.05) is 26.0 Å². The minimum Gasteiger partial charge on any atom is -0.483 e. The number of hydrogen-bond acceptors (Lipinski definition) is 5. The molecule has 1 aliphatic rings. The number of hydrogen-bond donors (Lipinski definition) is 1. The van der Waals surface area contributed by atoms with Crippen LogP contribution in [0.4, 0.5) is 0 Å². The van der Waals surface area contributed by atoms with Gasteiger partial charge in [0.1, 0.15) is 5.75 Å². The van der Waals surface area contributed by atoms with Crippen LogP contribution in [0.25, 0.3) is 0 Å². The Morgan fingerprint density at radius 3 is 2.85 bits per heavy atom. The number of aryl methyl sites for hydroxylation is 1. The van der Waals surface area contributed by atoms with E-state index in [0.29, 0.717) is 17.4 Å². The highest BCUT2D eigenvalue weighted by Crippen LogP contribution is 2.32. The fourth-order valence-corrected chi connectivity index (χ4v) is 2.59. The van der Waals surface area contributed by atoms with Crippen LogP contribution < -0.4 is 19.6 Å². The van der Waals surface area contributed by atoms with Gasteiger partial charge in [-0.2, -0.15) is 5.10 Å². The van der Waals surface area contributed by atoms with Gasteiger partial charge < -0.3 is 14.2 Å². The molecule has 0 radical (unpaired) electrons. The molecule has 0 spiro atoms. The van der Waals surface area contributed by atoms with Gasteiger partial charge in [-0.05, 0) is 53.8 Å². The predicted molar refractivity (Wildman–Crippen MR) is 99.1 cm³/mol. The lowest BCUT2D eigenvalue weighted by atomic mass is 10.0. The number of ether oxygens (including phenoxy) is 3. The maximum atomic E-state index is 12.0. The molecule has 2 aromatic rings. The summed E-state index contributed by atoms with van der Waals surface area (Å²) in [5.41, 5.74) is 5.43. The highest BCUT2D eigenvalue weighted by molar-refractivity contribution is 5.83. The number of nitrogens with zero attached hydrogens (tertiary/aromatic N) is 1. The number of carbonyl (C=O) groups is 1. The van der Waals surface area contributed by atoms with Crippen molar-refractivity contribution in [3.8, 4) is 17.2 Å². The van der Waals surface area contributed by atoms with E-state index in [1.807, 2.05) is 31.2 Å². The van der Waals surface area contributed by atoms with Gasteiger partial charge in [0.25, 0.3) is 5.91 Å². The monoisotopic (exact) mass is 354 g/mol. The number of benzene rings is 2. The van der Waals surface area contributed by atoms with Crippen molar-refractivity contribution in [3.05, 3.63) is 53.1 Å². The fraction of sp³-hybridized carbons (Fsp3) is 0.300. The van der Waals surface area contributed by atoms with Crippen LogP contribution in [0.15, 0.2) is 41.5 Å². The second-order valence-corrected chi connectivity index (χ2v) is 6.39. The summed E-state index contributed by atoms with van der Waals surface area (Å²) < 4.78 is 16.2. The second-order valence-electron chi connectivity index (χ2n) is 6.39. The van der Waals surface area contributed by atoms with Crippen molar-refractivity contribution in [2.75, 3.05) is 13.4 Å². The first-order valence-electron chi connectivity index (χ1n) is 8.48. The van der Waals surface area contributed by atoms with E-state index in [2.05, 4.69) is 24.4 Å². The topological polar surface area (TPSA) is 69.2 Å². The molecule has 1 amide bonds. The Labute approximate surface area is 152 Å². The van der Waals surface area contributed by atoms with Gasteiger partial charge in [0.05, 0.1) is 6.21 Å². The summed E-state index contributed by atoms with van der Waals surface area (Å²) in [6.07, 6.45) is 1.55. The molecular formula is C20H22N2O4. The normalized spacial score (nSPS) is 12.6. The molecule has 3 rings (SSSR count). The number of rotatable bonds is 6. The molecule has 1 N–H and O–H groups in total. The molecule has 0 bridgehead atoms. The van der Waals surface area contributed by atoms with Crippen LogP contribution in [0.5, 0.6) is 17.2 Å². The van der Waals surface area contributed by atoms with E-state index in [1.54, 1.807) is 18.3 Å². The molecule has 0 aliphatic carbocycles. The van der Waals surface area contributed by atoms with Crippen LogP contribution in [0.3, 0.4) is 0 Å². The van der Waals surface area contributed by atoms with E-state index in [9.17, 15) is 4.79 Å². The number of carbonyl (C=O) groups excluding carboxylic acids is 1. The predicted octanol–water partition coefficient (Wildman–Crippen LogP) is 3.38. The molecule has 0 saturated carbocycles. The number of hydrazone groups is 1. The second kappa shape index (κ2) is 7.91. The molecule has 2 aromatic carbocycles. The van der Waals surface area contributed by atoms with E-state index in [4.69, 9.17) is 14.2 Å². The third-order valence-electron chi connectivity index (χ3n) is 3.95. The number of amides is 1. The lowest BCUT2D eigenvalue weighted by Gasteiger charge is -2.14. The summed E-state index contributed by atoms with van der Waals surface area (Å²) in [5.74, 6) is 2.11. The van der Waals surface area contributed by atoms with Crippen molar-refractivity contribution >= 4 is 12.1 Å². The smallest absolute Gasteiger partial charge is 0.277 e. The van der Waals surface area contributed by atoms with E-state index in [0.717, 1.165) is 22.4 Å². The largest absolute Gasteiger partial charge is 0.483 e. The zero-order valence-corrected chi connectivity index (χ0v) is 15.1. The van der Waals surface area contributed by atoms with Gasteiger partial charge >= 0.3 is 0 Å². The molecule has 6 nitrogen and oxygen atoms in total. The molecule has 1 heterocycles. The Morgan fingerprint density at radius 1 is 1.23 bits per heavy atom. The molecular weight excluding hydrogens is 332 g/mol. The lowest BCUT2D eigenvalue weighted by molar-refractivity contribution is -0.123. The average molecular weight is 354 g/mol. The van der Waals surface area contributed by atoms with Crippen molar-refractivity contribution < 1.29 is 19.0 Å². The first-order valence-corrected chi connectivity index (χ1v) is 8.48. The zero-order valence-electron chi connectivity index (χ0n) is 15.1. The molecule has 136 valence electrons. The van der Waals surface area contributed by atoms with Gasteiger partial charge in [0, 0.05) is 0 Å². The maximum Gasteiger partial charge on any atom is 0.277 e. The average Bonchev–Trinajstić information content (AvgIpc) is 3.07. The van der Waals surface area contributed by atoms with Crippen molar-refractivity contribution in [2.45, 2.75) is 26.7 Å². The van der Waals surface area contributed by atoms with Crippen LogP contribution in [-0.2, 0) is 4.79 Å². The molecule has 0 aromatic heterocycles. The van der Waals surface area contributed by atoms with Crippen LogP contribution in [0.1, 0.15) is 36.5 Å². The van der Waals surface area contributed by atoms with Gasteiger partial charge in [-0.15, -0.1) is 0 Å². The van der Waals surface area contributed by atoms with Crippen LogP contribution in [-0.4, -0.2) is 25.5 Å². The third-order valence-corrected chi connectivity index (χ3v) is 3.95. The first kappa shape index (κ1) is 17.8. The molecule has 0 atom stereocenters. The Balaban J connectivity index is 1.54. The van der Waals surface area contributed by atoms with Gasteiger partial charge in [-0.3, -0.25) is 4.79 Å². The summed E-state index contributed by atoms with van der Waals surface area (Å²) in [6.45, 7) is 6.30. The van der Waals surface area contributed by atoms with E-state index >= 15 is 0 Å². The number of fused-ring (bicyclic) bond motifs is 1. The summed E-state index contributed by atoms with van der Waals surface area (Å²) >= 11 is 0. The molecule has 0 fully saturated rings. The molecule has 6 heteroatoms. The highest BCUT2D eigenvalue weighted by atomic mass is 16.7. The quantitative estimate of drug-likeness (QED) is 0.638. The lowest BCUT2D eigenvalue weighted by Crippen LogP contribution is -2.25. The Kier molecular flexibility index (Phi) is 5.41. The summed E-state index contributed by atoms with van der Waals surface area (Å²) in [7, 11) is 0.